The molecule has 13 heavy (non-hydrogen) atoms. The van der Waals surface area contributed by atoms with Gasteiger partial charge in [0, 0.05) is 32.2 Å². The lowest BCUT2D eigenvalue weighted by molar-refractivity contribution is 0.116. The first-order valence-electron chi connectivity index (χ1n) is 4.95. The van der Waals surface area contributed by atoms with E-state index in [0.717, 1.165) is 39.4 Å². The van der Waals surface area contributed by atoms with E-state index in [0.29, 0.717) is 6.04 Å². The van der Waals surface area contributed by atoms with Gasteiger partial charge in [0.25, 0.3) is 0 Å². The van der Waals surface area contributed by atoms with Crippen molar-refractivity contribution in [2.24, 2.45) is 0 Å². The fourth-order valence-corrected chi connectivity index (χ4v) is 1.12. The third-order valence-corrected chi connectivity index (χ3v) is 2.14. The molecule has 0 aliphatic carbocycles. The monoisotopic (exact) mass is 187 g/mol. The Morgan fingerprint density at radius 2 is 2.15 bits per heavy atom. The maximum Gasteiger partial charge on any atom is 0.0593 e. The molecule has 0 atom stereocenters. The largest absolute Gasteiger partial charge is 0.379 e. The lowest BCUT2D eigenvalue weighted by Crippen LogP contribution is -2.55. The minimum atomic E-state index is 0.678. The van der Waals surface area contributed by atoms with Gasteiger partial charge < -0.3 is 20.3 Å². The van der Waals surface area contributed by atoms with Crippen LogP contribution in [0.3, 0.4) is 0 Å². The van der Waals surface area contributed by atoms with Crippen LogP contribution in [-0.4, -0.2) is 64.4 Å². The molecule has 0 amide bonds. The normalized spacial score (nSPS) is 17.8. The van der Waals surface area contributed by atoms with Crippen LogP contribution in [0.4, 0.5) is 0 Å². The van der Waals surface area contributed by atoms with E-state index in [9.17, 15) is 0 Å². The van der Waals surface area contributed by atoms with Crippen LogP contribution in [0.15, 0.2) is 0 Å². The summed E-state index contributed by atoms with van der Waals surface area (Å²) in [6, 6.07) is 0.678. The van der Waals surface area contributed by atoms with Crippen molar-refractivity contribution in [1.82, 2.24) is 15.5 Å². The van der Waals surface area contributed by atoms with Crippen LogP contribution in [-0.2, 0) is 4.74 Å². The minimum absolute atomic E-state index is 0.678. The summed E-state index contributed by atoms with van der Waals surface area (Å²) in [6.45, 7) is 5.85. The van der Waals surface area contributed by atoms with E-state index in [-0.39, 0.29) is 0 Å². The molecule has 0 unspecified atom stereocenters. The third-order valence-electron chi connectivity index (χ3n) is 2.14. The van der Waals surface area contributed by atoms with Gasteiger partial charge in [-0.25, -0.2) is 0 Å². The smallest absolute Gasteiger partial charge is 0.0593 e. The van der Waals surface area contributed by atoms with Gasteiger partial charge in [0.05, 0.1) is 13.2 Å². The van der Waals surface area contributed by atoms with Crippen LogP contribution in [0.25, 0.3) is 0 Å². The molecule has 4 nitrogen and oxygen atoms in total. The topological polar surface area (TPSA) is 36.5 Å². The molecule has 0 aromatic rings. The van der Waals surface area contributed by atoms with Crippen molar-refractivity contribution in [3.8, 4) is 0 Å². The average molecular weight is 187 g/mol. The fourth-order valence-electron chi connectivity index (χ4n) is 1.12. The molecule has 1 heterocycles. The molecule has 0 radical (unpaired) electrons. The summed E-state index contributed by atoms with van der Waals surface area (Å²) in [4.78, 5) is 2.13. The van der Waals surface area contributed by atoms with Gasteiger partial charge in [-0.1, -0.05) is 0 Å². The van der Waals surface area contributed by atoms with E-state index in [1.54, 1.807) is 0 Å². The molecule has 1 rings (SSSR count). The van der Waals surface area contributed by atoms with Crippen LogP contribution >= 0.6 is 0 Å². The Kier molecular flexibility index (Phi) is 5.31. The van der Waals surface area contributed by atoms with Crippen LogP contribution < -0.4 is 10.6 Å². The summed E-state index contributed by atoms with van der Waals surface area (Å²) in [5, 5.41) is 6.62. The molecule has 2 N–H and O–H groups in total. The number of ether oxygens (including phenoxy) is 1. The van der Waals surface area contributed by atoms with E-state index < -0.39 is 0 Å². The maximum absolute atomic E-state index is 5.44. The first-order chi connectivity index (χ1) is 6.29. The fraction of sp³-hybridized carbons (Fsp3) is 1.00. The molecule has 1 saturated heterocycles. The standard InChI is InChI=1S/C9H21N3O/c1-12(2)4-6-13-5-3-11-9-7-10-8-9/h9-11H,3-8H2,1-2H3. The Morgan fingerprint density at radius 3 is 2.69 bits per heavy atom. The number of nitrogens with zero attached hydrogens (tertiary/aromatic N) is 1. The summed E-state index contributed by atoms with van der Waals surface area (Å²) < 4.78 is 5.44. The van der Waals surface area contributed by atoms with Gasteiger partial charge in [-0.2, -0.15) is 0 Å². The average Bonchev–Trinajstić information content (AvgIpc) is 1.99. The number of nitrogens with one attached hydrogen (secondary N) is 2. The molecule has 1 aliphatic heterocycles. The number of hydrogen-bond donors (Lipinski definition) is 2. The van der Waals surface area contributed by atoms with E-state index >= 15 is 0 Å². The SMILES string of the molecule is CN(C)CCOCCNC1CNC1. The Bertz CT molecular complexity index is 126. The molecule has 0 saturated carbocycles. The highest BCUT2D eigenvalue weighted by atomic mass is 16.5. The molecular formula is C9H21N3O. The van der Waals surface area contributed by atoms with E-state index in [1.807, 2.05) is 0 Å². The molecular weight excluding hydrogens is 166 g/mol. The predicted molar refractivity (Wildman–Crippen MR) is 54.0 cm³/mol. The number of rotatable bonds is 7. The van der Waals surface area contributed by atoms with Gasteiger partial charge in [0.1, 0.15) is 0 Å². The Morgan fingerprint density at radius 1 is 1.38 bits per heavy atom. The zero-order valence-corrected chi connectivity index (χ0v) is 8.68. The zero-order chi connectivity index (χ0) is 9.52. The van der Waals surface area contributed by atoms with Crippen LogP contribution in [0.2, 0.25) is 0 Å². The lowest BCUT2D eigenvalue weighted by atomic mass is 10.2. The minimum Gasteiger partial charge on any atom is -0.379 e. The zero-order valence-electron chi connectivity index (χ0n) is 8.68. The van der Waals surface area contributed by atoms with Crippen molar-refractivity contribution in [1.29, 1.82) is 0 Å². The highest BCUT2D eigenvalue weighted by Crippen LogP contribution is 1.88. The van der Waals surface area contributed by atoms with Crippen molar-refractivity contribution >= 4 is 0 Å². The van der Waals surface area contributed by atoms with Crippen molar-refractivity contribution in [2.75, 3.05) is 53.5 Å². The second-order valence-electron chi connectivity index (χ2n) is 3.72. The van der Waals surface area contributed by atoms with Gasteiger partial charge >= 0.3 is 0 Å². The number of likely N-dealkylation sites (N-methyl/N-ethyl adjacent to an activating group) is 1. The summed E-state index contributed by atoms with van der Waals surface area (Å²) in [5.74, 6) is 0. The predicted octanol–water partition coefficient (Wildman–Crippen LogP) is -0.874. The van der Waals surface area contributed by atoms with Crippen molar-refractivity contribution in [3.05, 3.63) is 0 Å². The van der Waals surface area contributed by atoms with E-state index in [1.165, 1.54) is 0 Å². The summed E-state index contributed by atoms with van der Waals surface area (Å²) in [6.07, 6.45) is 0. The second kappa shape index (κ2) is 6.32. The highest BCUT2D eigenvalue weighted by Gasteiger charge is 2.14. The molecule has 4 heteroatoms. The van der Waals surface area contributed by atoms with E-state index in [4.69, 9.17) is 4.74 Å². The van der Waals surface area contributed by atoms with Crippen LogP contribution in [0.1, 0.15) is 0 Å². The second-order valence-corrected chi connectivity index (χ2v) is 3.72. The van der Waals surface area contributed by atoms with Crippen molar-refractivity contribution in [3.63, 3.8) is 0 Å². The Hall–Kier alpha value is -0.160. The molecule has 0 bridgehead atoms. The quantitative estimate of drug-likeness (QED) is 0.508. The maximum atomic E-state index is 5.44. The van der Waals surface area contributed by atoms with Gasteiger partial charge in [-0.05, 0) is 14.1 Å². The highest BCUT2D eigenvalue weighted by molar-refractivity contribution is 4.80. The van der Waals surface area contributed by atoms with Gasteiger partial charge in [-0.3, -0.25) is 0 Å². The van der Waals surface area contributed by atoms with Crippen LogP contribution in [0, 0.1) is 0 Å². The third kappa shape index (κ3) is 5.21. The van der Waals surface area contributed by atoms with Crippen LogP contribution in [0.5, 0.6) is 0 Å². The van der Waals surface area contributed by atoms with Gasteiger partial charge in [-0.15, -0.1) is 0 Å². The lowest BCUT2D eigenvalue weighted by Gasteiger charge is -2.28. The van der Waals surface area contributed by atoms with Crippen molar-refractivity contribution in [2.45, 2.75) is 6.04 Å². The summed E-state index contributed by atoms with van der Waals surface area (Å²) >= 11 is 0. The summed E-state index contributed by atoms with van der Waals surface area (Å²) in [5.41, 5.74) is 0. The number of hydrogen-bond acceptors (Lipinski definition) is 4. The Balaban J connectivity index is 1.73. The molecule has 0 aromatic heterocycles. The molecule has 78 valence electrons. The molecule has 1 fully saturated rings. The molecule has 0 aromatic carbocycles. The molecule has 0 spiro atoms. The van der Waals surface area contributed by atoms with Crippen molar-refractivity contribution < 1.29 is 4.74 Å². The Labute approximate surface area is 80.6 Å². The van der Waals surface area contributed by atoms with E-state index in [2.05, 4.69) is 29.6 Å². The van der Waals surface area contributed by atoms with Gasteiger partial charge in [0.2, 0.25) is 0 Å². The van der Waals surface area contributed by atoms with Gasteiger partial charge in [0.15, 0.2) is 0 Å². The first-order valence-corrected chi connectivity index (χ1v) is 4.95. The molecule has 1 aliphatic rings. The first kappa shape index (κ1) is 10.9. The summed E-state index contributed by atoms with van der Waals surface area (Å²) in [7, 11) is 4.11.